The molecule has 0 unspecified atom stereocenters. The maximum Gasteiger partial charge on any atom is 0.271 e. The number of hydrogen-bond donors (Lipinski definition) is 4. The highest BCUT2D eigenvalue weighted by atomic mass is 16.5. The minimum atomic E-state index is -0.980. The van der Waals surface area contributed by atoms with E-state index < -0.39 is 36.3 Å². The van der Waals surface area contributed by atoms with Crippen molar-refractivity contribution in [3.8, 4) is 5.75 Å². The summed E-state index contributed by atoms with van der Waals surface area (Å²) >= 11 is 0. The second-order valence-electron chi connectivity index (χ2n) is 10.1. The number of nitrogens with one attached hydrogen (secondary N) is 3. The van der Waals surface area contributed by atoms with Crippen LogP contribution in [0.3, 0.4) is 0 Å². The van der Waals surface area contributed by atoms with Crippen molar-refractivity contribution in [1.29, 1.82) is 0 Å². The monoisotopic (exact) mass is 496 g/mol. The van der Waals surface area contributed by atoms with E-state index in [9.17, 15) is 24.3 Å². The van der Waals surface area contributed by atoms with Crippen LogP contribution >= 0.6 is 0 Å². The van der Waals surface area contributed by atoms with E-state index in [1.165, 1.54) is 0 Å². The second-order valence-corrected chi connectivity index (χ2v) is 10.1. The number of fused-ring (bicyclic) bond motifs is 2. The van der Waals surface area contributed by atoms with E-state index in [1.54, 1.807) is 18.1 Å². The SMILES string of the molecule is COc1cccc2[nH]c(C(=O)N3C[C@@H]4CCC[C@@H]4[C@@H]3C(=O)N[C@H](C[C@H]3CCNC3=O)C(=O)CO)cc12. The summed E-state index contributed by atoms with van der Waals surface area (Å²) in [5.41, 5.74) is 1.14. The summed E-state index contributed by atoms with van der Waals surface area (Å²) in [4.78, 5) is 56.6. The lowest BCUT2D eigenvalue weighted by Gasteiger charge is -2.29. The first-order chi connectivity index (χ1) is 17.4. The Morgan fingerprint density at radius 1 is 1.25 bits per heavy atom. The number of aliphatic hydroxyl groups excluding tert-OH is 1. The fourth-order valence-electron chi connectivity index (χ4n) is 6.22. The number of ether oxygens (including phenoxy) is 1. The number of carbonyl (C=O) groups is 4. The lowest BCUT2D eigenvalue weighted by atomic mass is 9.92. The van der Waals surface area contributed by atoms with Gasteiger partial charge in [0.2, 0.25) is 11.8 Å². The van der Waals surface area contributed by atoms with Gasteiger partial charge in [0.25, 0.3) is 5.91 Å². The molecule has 3 aliphatic rings. The number of ketones is 1. The maximum atomic E-state index is 13.7. The summed E-state index contributed by atoms with van der Waals surface area (Å²) in [7, 11) is 1.57. The summed E-state index contributed by atoms with van der Waals surface area (Å²) < 4.78 is 5.42. The van der Waals surface area contributed by atoms with E-state index in [-0.39, 0.29) is 30.1 Å². The zero-order valence-corrected chi connectivity index (χ0v) is 20.3. The molecule has 0 radical (unpaired) electrons. The van der Waals surface area contributed by atoms with Gasteiger partial charge in [-0.3, -0.25) is 19.2 Å². The minimum absolute atomic E-state index is 0.00696. The zero-order valence-electron chi connectivity index (χ0n) is 20.3. The van der Waals surface area contributed by atoms with E-state index in [0.717, 1.165) is 30.2 Å². The Morgan fingerprint density at radius 2 is 2.08 bits per heavy atom. The Kier molecular flexibility index (Phi) is 6.70. The topological polar surface area (TPSA) is 141 Å². The number of nitrogens with zero attached hydrogens (tertiary/aromatic N) is 1. The van der Waals surface area contributed by atoms with Crippen molar-refractivity contribution < 1.29 is 29.0 Å². The van der Waals surface area contributed by atoms with Gasteiger partial charge in [-0.25, -0.2) is 0 Å². The summed E-state index contributed by atoms with van der Waals surface area (Å²) in [6.45, 7) is 0.273. The molecule has 2 saturated heterocycles. The molecule has 10 nitrogen and oxygen atoms in total. The van der Waals surface area contributed by atoms with Crippen LogP contribution in [0.5, 0.6) is 5.75 Å². The maximum absolute atomic E-state index is 13.7. The fourth-order valence-corrected chi connectivity index (χ4v) is 6.22. The molecule has 2 aromatic rings. The zero-order chi connectivity index (χ0) is 25.4. The first-order valence-corrected chi connectivity index (χ1v) is 12.6. The molecule has 2 aliphatic heterocycles. The predicted octanol–water partition coefficient (Wildman–Crippen LogP) is 0.990. The van der Waals surface area contributed by atoms with E-state index >= 15 is 0 Å². The highest BCUT2D eigenvalue weighted by molar-refractivity contribution is 6.02. The van der Waals surface area contributed by atoms with Gasteiger partial charge in [-0.05, 0) is 55.7 Å². The van der Waals surface area contributed by atoms with E-state index in [4.69, 9.17) is 4.74 Å². The first kappa shape index (κ1) is 24.3. The van der Waals surface area contributed by atoms with Crippen molar-refractivity contribution >= 4 is 34.4 Å². The van der Waals surface area contributed by atoms with Crippen molar-refractivity contribution in [1.82, 2.24) is 20.5 Å². The standard InChI is InChI=1S/C26H32N4O6/c1-36-22-7-3-6-18-17(22)11-20(28-18)26(35)30-12-15-4-2-5-16(15)23(30)25(34)29-19(21(32)13-31)10-14-8-9-27-24(14)33/h3,6-7,11,14-16,19,23,28,31H,2,4-5,8-10,12-13H2,1H3,(H,27,33)(H,29,34)/t14-,15+,16+,19-,23-/m1/s1. The molecule has 1 aliphatic carbocycles. The molecule has 3 fully saturated rings. The molecular formula is C26H32N4O6. The fraction of sp³-hybridized carbons (Fsp3) is 0.538. The number of carbonyl (C=O) groups excluding carboxylic acids is 4. The molecule has 1 aromatic carbocycles. The molecular weight excluding hydrogens is 464 g/mol. The number of aromatic amines is 1. The minimum Gasteiger partial charge on any atom is -0.496 e. The number of amides is 3. The molecule has 3 amide bonds. The molecule has 1 aromatic heterocycles. The van der Waals surface area contributed by atoms with E-state index in [0.29, 0.717) is 31.0 Å². The van der Waals surface area contributed by atoms with Crippen LogP contribution in [-0.2, 0) is 14.4 Å². The Labute approximate surface area is 208 Å². The van der Waals surface area contributed by atoms with Crippen molar-refractivity contribution in [2.45, 2.75) is 44.2 Å². The third-order valence-electron chi connectivity index (χ3n) is 8.04. The smallest absolute Gasteiger partial charge is 0.271 e. The first-order valence-electron chi connectivity index (χ1n) is 12.6. The number of likely N-dealkylation sites (tertiary alicyclic amines) is 1. The summed E-state index contributed by atoms with van der Waals surface area (Å²) in [6, 6.07) is 5.57. The quantitative estimate of drug-likeness (QED) is 0.430. The third kappa shape index (κ3) is 4.34. The van der Waals surface area contributed by atoms with Gasteiger partial charge in [0.05, 0.1) is 13.2 Å². The van der Waals surface area contributed by atoms with Crippen molar-refractivity contribution in [3.63, 3.8) is 0 Å². The Balaban J connectivity index is 1.39. The number of rotatable bonds is 8. The van der Waals surface area contributed by atoms with Crippen LogP contribution in [0.2, 0.25) is 0 Å². The van der Waals surface area contributed by atoms with Gasteiger partial charge < -0.3 is 30.4 Å². The van der Waals surface area contributed by atoms with Crippen LogP contribution < -0.4 is 15.4 Å². The summed E-state index contributed by atoms with van der Waals surface area (Å²) in [5.74, 6) is -0.889. The number of H-pyrrole nitrogens is 1. The molecule has 5 atom stereocenters. The van der Waals surface area contributed by atoms with Crippen molar-refractivity contribution in [2.75, 3.05) is 26.8 Å². The van der Waals surface area contributed by atoms with Gasteiger partial charge in [0.15, 0.2) is 5.78 Å². The predicted molar refractivity (Wildman–Crippen MR) is 130 cm³/mol. The third-order valence-corrected chi connectivity index (χ3v) is 8.04. The number of methoxy groups -OCH3 is 1. The van der Waals surface area contributed by atoms with Gasteiger partial charge in [-0.2, -0.15) is 0 Å². The highest BCUT2D eigenvalue weighted by Crippen LogP contribution is 2.43. The molecule has 10 heteroatoms. The molecule has 192 valence electrons. The lowest BCUT2D eigenvalue weighted by Crippen LogP contribution is -2.53. The molecule has 3 heterocycles. The molecule has 0 bridgehead atoms. The second kappa shape index (κ2) is 9.93. The number of aliphatic hydroxyl groups is 1. The van der Waals surface area contributed by atoms with Crippen LogP contribution in [0.25, 0.3) is 10.9 Å². The van der Waals surface area contributed by atoms with Crippen LogP contribution in [0, 0.1) is 17.8 Å². The van der Waals surface area contributed by atoms with Crippen LogP contribution in [0.4, 0.5) is 0 Å². The van der Waals surface area contributed by atoms with Crippen molar-refractivity contribution in [2.24, 2.45) is 17.8 Å². The summed E-state index contributed by atoms with van der Waals surface area (Å²) in [5, 5.41) is 15.8. The van der Waals surface area contributed by atoms with Crippen LogP contribution in [0.1, 0.15) is 42.6 Å². The summed E-state index contributed by atoms with van der Waals surface area (Å²) in [6.07, 6.45) is 3.47. The number of benzene rings is 1. The van der Waals surface area contributed by atoms with Gasteiger partial charge in [-0.1, -0.05) is 12.5 Å². The van der Waals surface area contributed by atoms with Gasteiger partial charge in [0.1, 0.15) is 24.1 Å². The molecule has 36 heavy (non-hydrogen) atoms. The Morgan fingerprint density at radius 3 is 2.81 bits per heavy atom. The van der Waals surface area contributed by atoms with E-state index in [1.807, 2.05) is 18.2 Å². The van der Waals surface area contributed by atoms with Crippen molar-refractivity contribution in [3.05, 3.63) is 30.0 Å². The van der Waals surface area contributed by atoms with Gasteiger partial charge in [0, 0.05) is 29.9 Å². The molecule has 5 rings (SSSR count). The number of hydrogen-bond acceptors (Lipinski definition) is 6. The normalized spacial score (nSPS) is 26.1. The van der Waals surface area contributed by atoms with Crippen LogP contribution in [-0.4, -0.2) is 77.4 Å². The lowest BCUT2D eigenvalue weighted by molar-refractivity contribution is -0.133. The largest absolute Gasteiger partial charge is 0.496 e. The molecule has 4 N–H and O–H groups in total. The van der Waals surface area contributed by atoms with Crippen LogP contribution in [0.15, 0.2) is 24.3 Å². The molecule has 0 spiro atoms. The average Bonchev–Trinajstić information content (AvgIpc) is 3.66. The van der Waals surface area contributed by atoms with Gasteiger partial charge >= 0.3 is 0 Å². The Hall–Kier alpha value is -3.40. The Bertz CT molecular complexity index is 1190. The highest BCUT2D eigenvalue weighted by Gasteiger charge is 2.50. The average molecular weight is 497 g/mol. The van der Waals surface area contributed by atoms with E-state index in [2.05, 4.69) is 15.6 Å². The number of aromatic nitrogens is 1. The number of Topliss-reactive ketones (excluding diaryl/α,β-unsaturated/α-hetero) is 1. The van der Waals surface area contributed by atoms with Gasteiger partial charge in [-0.15, -0.1) is 0 Å². The molecule has 1 saturated carbocycles.